The van der Waals surface area contributed by atoms with Gasteiger partial charge in [0.1, 0.15) is 6.10 Å². The van der Waals surface area contributed by atoms with Crippen molar-refractivity contribution in [2.45, 2.75) is 18.6 Å². The maximum atomic E-state index is 11.6. The molecule has 6 nitrogen and oxygen atoms in total. The first-order valence-corrected chi connectivity index (χ1v) is 9.16. The number of nitro benzene ring substituents is 1. The average molecular weight is 372 g/mol. The fraction of sp³-hybridized carbons (Fsp3) is 0.136. The fourth-order valence-electron chi connectivity index (χ4n) is 4.26. The number of aliphatic hydroxyl groups excluding tert-OH is 1. The van der Waals surface area contributed by atoms with Gasteiger partial charge >= 0.3 is 5.69 Å². The molecule has 138 valence electrons. The molecule has 0 unspecified atom stereocenters. The van der Waals surface area contributed by atoms with Crippen LogP contribution < -0.4 is 4.57 Å². The van der Waals surface area contributed by atoms with Crippen molar-refractivity contribution in [3.63, 3.8) is 0 Å². The van der Waals surface area contributed by atoms with E-state index >= 15 is 0 Å². The van der Waals surface area contributed by atoms with Crippen LogP contribution >= 0.6 is 0 Å². The van der Waals surface area contributed by atoms with Crippen LogP contribution in [0.3, 0.4) is 0 Å². The molecule has 1 N–H and O–H groups in total. The summed E-state index contributed by atoms with van der Waals surface area (Å²) in [5.74, 6) is 0. The van der Waals surface area contributed by atoms with Crippen LogP contribution in [0, 0.1) is 10.1 Å². The second-order valence-corrected chi connectivity index (χ2v) is 7.04. The predicted molar refractivity (Wildman–Crippen MR) is 104 cm³/mol. The van der Waals surface area contributed by atoms with Crippen molar-refractivity contribution in [1.82, 2.24) is 4.57 Å². The summed E-state index contributed by atoms with van der Waals surface area (Å²) in [6, 6.07) is 22.3. The molecule has 1 aromatic heterocycles. The van der Waals surface area contributed by atoms with Gasteiger partial charge in [0, 0.05) is 18.1 Å². The van der Waals surface area contributed by atoms with Gasteiger partial charge in [-0.1, -0.05) is 48.5 Å². The summed E-state index contributed by atoms with van der Waals surface area (Å²) in [5, 5.41) is 22.4. The van der Waals surface area contributed by atoms with E-state index in [0.29, 0.717) is 12.1 Å². The summed E-state index contributed by atoms with van der Waals surface area (Å²) in [4.78, 5) is 11.2. The maximum absolute atomic E-state index is 11.6. The van der Waals surface area contributed by atoms with Crippen LogP contribution in [0.2, 0.25) is 0 Å². The summed E-state index contributed by atoms with van der Waals surface area (Å²) in [7, 11) is 0. The summed E-state index contributed by atoms with van der Waals surface area (Å²) >= 11 is 0. The number of para-hydroxylation sites is 4. The fourth-order valence-corrected chi connectivity index (χ4v) is 4.26. The lowest BCUT2D eigenvalue weighted by atomic mass is 10.1. The number of hydrogen-bond donors (Lipinski definition) is 1. The van der Waals surface area contributed by atoms with E-state index < -0.39 is 6.10 Å². The summed E-state index contributed by atoms with van der Waals surface area (Å²) in [6.07, 6.45) is 1.91. The zero-order chi connectivity index (χ0) is 19.3. The Hall–Kier alpha value is -3.51. The topological polar surface area (TPSA) is 72.2 Å². The molecule has 28 heavy (non-hydrogen) atoms. The molecule has 1 heterocycles. The third-order valence-corrected chi connectivity index (χ3v) is 5.46. The van der Waals surface area contributed by atoms with Crippen molar-refractivity contribution in [1.29, 1.82) is 0 Å². The molecule has 0 fully saturated rings. The molecule has 3 aromatic carbocycles. The minimum Gasteiger partial charge on any atom is -0.388 e. The van der Waals surface area contributed by atoms with E-state index in [-0.39, 0.29) is 16.7 Å². The first-order valence-electron chi connectivity index (χ1n) is 9.16. The molecule has 4 aromatic rings. The van der Waals surface area contributed by atoms with E-state index in [2.05, 4.69) is 0 Å². The lowest BCUT2D eigenvalue weighted by Gasteiger charge is -2.13. The van der Waals surface area contributed by atoms with Crippen LogP contribution in [0.5, 0.6) is 0 Å². The minimum absolute atomic E-state index is 0.0442. The number of hydrogen-bond acceptors (Lipinski definition) is 3. The number of rotatable bonds is 3. The van der Waals surface area contributed by atoms with Gasteiger partial charge in [-0.3, -0.25) is 10.1 Å². The number of benzene rings is 3. The number of aliphatic hydroxyl groups is 1. The molecule has 0 aliphatic heterocycles. The summed E-state index contributed by atoms with van der Waals surface area (Å²) in [6.45, 7) is 0. The molecule has 2 atom stereocenters. The first kappa shape index (κ1) is 16.6. The van der Waals surface area contributed by atoms with Gasteiger partial charge in [-0.2, -0.15) is 4.57 Å². The van der Waals surface area contributed by atoms with Crippen LogP contribution in [0.1, 0.15) is 17.2 Å². The van der Waals surface area contributed by atoms with Crippen LogP contribution in [-0.4, -0.2) is 20.7 Å². The minimum atomic E-state index is -0.549. The normalized spacial score (nSPS) is 18.3. The van der Waals surface area contributed by atoms with Crippen molar-refractivity contribution >= 4 is 16.7 Å². The molecular formula is C22H18N3O3+. The Kier molecular flexibility index (Phi) is 3.74. The first-order chi connectivity index (χ1) is 13.6. The summed E-state index contributed by atoms with van der Waals surface area (Å²) in [5.41, 5.74) is 4.54. The van der Waals surface area contributed by atoms with E-state index in [0.717, 1.165) is 22.2 Å². The molecule has 0 radical (unpaired) electrons. The van der Waals surface area contributed by atoms with E-state index in [4.69, 9.17) is 0 Å². The van der Waals surface area contributed by atoms with Crippen molar-refractivity contribution in [3.8, 4) is 5.69 Å². The van der Waals surface area contributed by atoms with Crippen molar-refractivity contribution in [2.75, 3.05) is 0 Å². The molecule has 0 saturated heterocycles. The Balaban J connectivity index is 1.77. The van der Waals surface area contributed by atoms with Gasteiger partial charge in [0.05, 0.1) is 4.92 Å². The highest BCUT2D eigenvalue weighted by Crippen LogP contribution is 2.33. The maximum Gasteiger partial charge on any atom is 0.316 e. The molecule has 0 saturated carbocycles. The second-order valence-electron chi connectivity index (χ2n) is 7.04. The molecule has 6 heteroatoms. The Morgan fingerprint density at radius 2 is 1.71 bits per heavy atom. The number of aromatic nitrogens is 2. The number of imidazole rings is 1. The number of nitrogens with zero attached hydrogens (tertiary/aromatic N) is 3. The third-order valence-electron chi connectivity index (χ3n) is 5.46. The monoisotopic (exact) mass is 372 g/mol. The van der Waals surface area contributed by atoms with Gasteiger partial charge in [-0.05, 0) is 23.8 Å². The van der Waals surface area contributed by atoms with Crippen LogP contribution in [-0.2, 0) is 6.42 Å². The largest absolute Gasteiger partial charge is 0.388 e. The Labute approximate surface area is 161 Å². The van der Waals surface area contributed by atoms with Gasteiger partial charge in [0.15, 0.2) is 17.1 Å². The standard InChI is InChI=1S/C22H18N3O3/c26-21-13-15-7-1-2-8-16(15)22(21)24-14-23(17-9-3-4-10-18(17)24)19-11-5-6-12-20(19)25(27)28/h1-12,14,21-22,26H,13H2/q+1/t21-,22+/m0/s1. The highest BCUT2D eigenvalue weighted by Gasteiger charge is 2.38. The Morgan fingerprint density at radius 1 is 1.00 bits per heavy atom. The van der Waals surface area contributed by atoms with Crippen molar-refractivity contribution in [2.24, 2.45) is 0 Å². The van der Waals surface area contributed by atoms with Gasteiger partial charge < -0.3 is 5.11 Å². The van der Waals surface area contributed by atoms with Crippen LogP contribution in [0.4, 0.5) is 5.69 Å². The molecule has 1 aliphatic rings. The zero-order valence-electron chi connectivity index (χ0n) is 15.0. The van der Waals surface area contributed by atoms with Gasteiger partial charge in [-0.25, -0.2) is 4.57 Å². The number of fused-ring (bicyclic) bond motifs is 2. The van der Waals surface area contributed by atoms with E-state index in [1.54, 1.807) is 18.2 Å². The van der Waals surface area contributed by atoms with Gasteiger partial charge in [0.2, 0.25) is 5.69 Å². The van der Waals surface area contributed by atoms with Crippen LogP contribution in [0.15, 0.2) is 79.1 Å². The second kappa shape index (κ2) is 6.28. The van der Waals surface area contributed by atoms with Crippen molar-refractivity contribution < 1.29 is 14.6 Å². The SMILES string of the molecule is O=[N+]([O-])c1ccccc1-n1c[n+]([C@@H]2c3ccccc3C[C@@H]2O)c2ccccc21. The highest BCUT2D eigenvalue weighted by atomic mass is 16.6. The third kappa shape index (κ3) is 2.42. The Morgan fingerprint density at radius 3 is 2.57 bits per heavy atom. The zero-order valence-corrected chi connectivity index (χ0v) is 15.0. The molecule has 0 spiro atoms. The van der Waals surface area contributed by atoms with E-state index in [1.807, 2.05) is 64.0 Å². The van der Waals surface area contributed by atoms with E-state index in [1.165, 1.54) is 6.07 Å². The predicted octanol–water partition coefficient (Wildman–Crippen LogP) is 3.33. The average Bonchev–Trinajstić information content (AvgIpc) is 3.24. The highest BCUT2D eigenvalue weighted by molar-refractivity contribution is 5.75. The molecule has 0 bridgehead atoms. The van der Waals surface area contributed by atoms with Gasteiger partial charge in [-0.15, -0.1) is 0 Å². The number of nitro groups is 1. The molecule has 1 aliphatic carbocycles. The molecule has 5 rings (SSSR count). The van der Waals surface area contributed by atoms with Crippen molar-refractivity contribution in [3.05, 3.63) is 100 Å². The molecule has 0 amide bonds. The van der Waals surface area contributed by atoms with Crippen LogP contribution in [0.25, 0.3) is 16.7 Å². The lowest BCUT2D eigenvalue weighted by Crippen LogP contribution is -2.43. The molecular weight excluding hydrogens is 354 g/mol. The van der Waals surface area contributed by atoms with E-state index in [9.17, 15) is 15.2 Å². The quantitative estimate of drug-likeness (QED) is 0.341. The van der Waals surface area contributed by atoms with Gasteiger partial charge in [0.25, 0.3) is 6.33 Å². The lowest BCUT2D eigenvalue weighted by molar-refractivity contribution is -0.695. The Bertz CT molecular complexity index is 1210. The summed E-state index contributed by atoms with van der Waals surface area (Å²) < 4.78 is 3.86. The smallest absolute Gasteiger partial charge is 0.316 e.